The summed E-state index contributed by atoms with van der Waals surface area (Å²) < 4.78 is 0. The Morgan fingerprint density at radius 3 is 2.65 bits per heavy atom. The topological polar surface area (TPSA) is 46.2 Å². The van der Waals surface area contributed by atoms with Crippen LogP contribution in [0, 0.1) is 5.92 Å². The molecule has 3 nitrogen and oxygen atoms in total. The Hall–Kier alpha value is -1.87. The summed E-state index contributed by atoms with van der Waals surface area (Å²) in [6, 6.07) is 8.68. The van der Waals surface area contributed by atoms with Crippen molar-refractivity contribution in [3.05, 3.63) is 59.3 Å². The number of carbonyl (C=O) groups is 2. The van der Waals surface area contributed by atoms with Gasteiger partial charge in [0.05, 0.1) is 0 Å². The van der Waals surface area contributed by atoms with Crippen molar-refractivity contribution in [2.45, 2.75) is 0 Å². The molecule has 0 bridgehead atoms. The first-order valence-corrected chi connectivity index (χ1v) is 5.50. The second-order valence-corrected chi connectivity index (χ2v) is 4.04. The van der Waals surface area contributed by atoms with Crippen molar-refractivity contribution < 1.29 is 9.59 Å². The van der Waals surface area contributed by atoms with Gasteiger partial charge in [0.15, 0.2) is 5.78 Å². The lowest BCUT2D eigenvalue weighted by molar-refractivity contribution is -0.121. The fourth-order valence-corrected chi connectivity index (χ4v) is 1.75. The van der Waals surface area contributed by atoms with Crippen molar-refractivity contribution in [2.24, 2.45) is 5.92 Å². The first-order valence-electron chi connectivity index (χ1n) is 5.12. The van der Waals surface area contributed by atoms with Crippen LogP contribution in [0.15, 0.2) is 53.7 Å². The molecule has 1 atom stereocenters. The zero-order chi connectivity index (χ0) is 12.3. The van der Waals surface area contributed by atoms with E-state index in [9.17, 15) is 9.59 Å². The van der Waals surface area contributed by atoms with E-state index in [0.717, 1.165) is 0 Å². The second kappa shape index (κ2) is 4.97. The van der Waals surface area contributed by atoms with Gasteiger partial charge in [0.1, 0.15) is 5.92 Å². The van der Waals surface area contributed by atoms with Crippen LogP contribution >= 0.6 is 11.6 Å². The minimum atomic E-state index is -0.875. The number of amides is 1. The Morgan fingerprint density at radius 1 is 1.24 bits per heavy atom. The van der Waals surface area contributed by atoms with Crippen LogP contribution in [0.1, 0.15) is 10.4 Å². The lowest BCUT2D eigenvalue weighted by Crippen LogP contribution is -2.30. The van der Waals surface area contributed by atoms with Crippen LogP contribution in [-0.4, -0.2) is 11.7 Å². The highest BCUT2D eigenvalue weighted by molar-refractivity contribution is 6.32. The third-order valence-corrected chi connectivity index (χ3v) is 2.67. The summed E-state index contributed by atoms with van der Waals surface area (Å²) in [7, 11) is 0. The van der Waals surface area contributed by atoms with Gasteiger partial charge in [-0.1, -0.05) is 41.9 Å². The van der Waals surface area contributed by atoms with E-state index in [0.29, 0.717) is 10.6 Å². The summed E-state index contributed by atoms with van der Waals surface area (Å²) >= 11 is 5.84. The summed E-state index contributed by atoms with van der Waals surface area (Å²) in [5.74, 6) is -1.50. The molecule has 0 saturated carbocycles. The van der Waals surface area contributed by atoms with E-state index in [-0.39, 0.29) is 11.7 Å². The van der Waals surface area contributed by atoms with E-state index in [1.807, 2.05) is 6.07 Å². The molecule has 0 fully saturated rings. The molecule has 86 valence electrons. The molecular weight excluding hydrogens is 238 g/mol. The van der Waals surface area contributed by atoms with Gasteiger partial charge in [-0.05, 0) is 12.2 Å². The molecule has 1 unspecified atom stereocenters. The van der Waals surface area contributed by atoms with Crippen LogP contribution in [0.2, 0.25) is 0 Å². The van der Waals surface area contributed by atoms with Crippen molar-refractivity contribution in [3.8, 4) is 0 Å². The van der Waals surface area contributed by atoms with E-state index in [1.54, 1.807) is 24.3 Å². The number of ketones is 1. The quantitative estimate of drug-likeness (QED) is 0.644. The van der Waals surface area contributed by atoms with Gasteiger partial charge in [0.2, 0.25) is 5.91 Å². The SMILES string of the molecule is O=C1NC=CC(Cl)=CC1C(=O)c1ccccc1. The monoisotopic (exact) mass is 247 g/mol. The Morgan fingerprint density at radius 2 is 1.94 bits per heavy atom. The molecule has 0 aromatic heterocycles. The average molecular weight is 248 g/mol. The van der Waals surface area contributed by atoms with Crippen LogP contribution in [0.25, 0.3) is 0 Å². The van der Waals surface area contributed by atoms with Crippen LogP contribution in [0.3, 0.4) is 0 Å². The highest BCUT2D eigenvalue weighted by Crippen LogP contribution is 2.17. The summed E-state index contributed by atoms with van der Waals surface area (Å²) in [5, 5.41) is 2.87. The fourth-order valence-electron chi connectivity index (χ4n) is 1.56. The Balaban J connectivity index is 2.31. The number of nitrogens with one attached hydrogen (secondary N) is 1. The number of halogens is 1. The van der Waals surface area contributed by atoms with E-state index < -0.39 is 5.92 Å². The molecule has 1 aliphatic heterocycles. The van der Waals surface area contributed by atoms with Crippen molar-refractivity contribution in [3.63, 3.8) is 0 Å². The number of benzene rings is 1. The van der Waals surface area contributed by atoms with E-state index in [2.05, 4.69) is 5.32 Å². The maximum Gasteiger partial charge on any atom is 0.238 e. The Labute approximate surface area is 104 Å². The molecule has 1 N–H and O–H groups in total. The average Bonchev–Trinajstić information content (AvgIpc) is 2.51. The number of hydrogen-bond donors (Lipinski definition) is 1. The summed E-state index contributed by atoms with van der Waals surface area (Å²) in [6.07, 6.45) is 4.42. The Bertz CT molecular complexity index is 505. The van der Waals surface area contributed by atoms with E-state index in [1.165, 1.54) is 18.4 Å². The first-order chi connectivity index (χ1) is 8.18. The molecule has 1 amide bonds. The minimum Gasteiger partial charge on any atom is -0.332 e. The molecular formula is C13H10ClNO2. The van der Waals surface area contributed by atoms with Gasteiger partial charge >= 0.3 is 0 Å². The Kier molecular flexibility index (Phi) is 3.40. The highest BCUT2D eigenvalue weighted by atomic mass is 35.5. The summed E-state index contributed by atoms with van der Waals surface area (Å²) in [6.45, 7) is 0. The number of carbonyl (C=O) groups excluding carboxylic acids is 2. The van der Waals surface area contributed by atoms with Gasteiger partial charge in [0, 0.05) is 16.8 Å². The number of hydrogen-bond acceptors (Lipinski definition) is 2. The van der Waals surface area contributed by atoms with Crippen molar-refractivity contribution >= 4 is 23.3 Å². The smallest absolute Gasteiger partial charge is 0.238 e. The van der Waals surface area contributed by atoms with Gasteiger partial charge < -0.3 is 5.32 Å². The normalized spacial score (nSPS) is 19.2. The fraction of sp³-hybridized carbons (Fsp3) is 0.0769. The third kappa shape index (κ3) is 2.63. The van der Waals surface area contributed by atoms with Gasteiger partial charge in [-0.3, -0.25) is 9.59 Å². The second-order valence-electron chi connectivity index (χ2n) is 3.60. The predicted molar refractivity (Wildman–Crippen MR) is 65.5 cm³/mol. The maximum atomic E-state index is 12.1. The molecule has 1 aromatic rings. The van der Waals surface area contributed by atoms with Gasteiger partial charge in [0.25, 0.3) is 0 Å². The molecule has 0 spiro atoms. The summed E-state index contributed by atoms with van der Waals surface area (Å²) in [4.78, 5) is 23.8. The van der Waals surface area contributed by atoms with Crippen molar-refractivity contribution in [1.82, 2.24) is 5.32 Å². The maximum absolute atomic E-state index is 12.1. The summed E-state index contributed by atoms with van der Waals surface area (Å²) in [5.41, 5.74) is 0.496. The molecule has 17 heavy (non-hydrogen) atoms. The number of Topliss-reactive ketones (excluding diaryl/α,β-unsaturated/α-hetero) is 1. The zero-order valence-electron chi connectivity index (χ0n) is 8.89. The van der Waals surface area contributed by atoms with Crippen LogP contribution in [-0.2, 0) is 4.79 Å². The van der Waals surface area contributed by atoms with Gasteiger partial charge in [-0.25, -0.2) is 0 Å². The van der Waals surface area contributed by atoms with Gasteiger partial charge in [-0.15, -0.1) is 0 Å². The zero-order valence-corrected chi connectivity index (χ0v) is 9.65. The standard InChI is InChI=1S/C13H10ClNO2/c14-10-6-7-15-13(17)11(8-10)12(16)9-4-2-1-3-5-9/h1-8,11H,(H,15,17). The molecule has 1 aromatic carbocycles. The van der Waals surface area contributed by atoms with Crippen LogP contribution in [0.5, 0.6) is 0 Å². The molecule has 0 saturated heterocycles. The molecule has 0 radical (unpaired) electrons. The van der Waals surface area contributed by atoms with Crippen molar-refractivity contribution in [1.29, 1.82) is 0 Å². The molecule has 0 aliphatic carbocycles. The van der Waals surface area contributed by atoms with Crippen LogP contribution in [0.4, 0.5) is 0 Å². The third-order valence-electron chi connectivity index (χ3n) is 2.42. The van der Waals surface area contributed by atoms with Crippen LogP contribution < -0.4 is 5.32 Å². The van der Waals surface area contributed by atoms with Crippen molar-refractivity contribution in [2.75, 3.05) is 0 Å². The van der Waals surface area contributed by atoms with E-state index in [4.69, 9.17) is 11.6 Å². The highest BCUT2D eigenvalue weighted by Gasteiger charge is 2.26. The molecule has 1 heterocycles. The number of rotatable bonds is 2. The molecule has 2 rings (SSSR count). The molecule has 4 heteroatoms. The minimum absolute atomic E-state index is 0.259. The largest absolute Gasteiger partial charge is 0.332 e. The lowest BCUT2D eigenvalue weighted by atomic mass is 9.96. The van der Waals surface area contributed by atoms with Gasteiger partial charge in [-0.2, -0.15) is 0 Å². The molecule has 1 aliphatic rings. The predicted octanol–water partition coefficient (Wildman–Crippen LogP) is 2.25. The first kappa shape index (κ1) is 11.6. The van der Waals surface area contributed by atoms with E-state index >= 15 is 0 Å². The number of allylic oxidation sites excluding steroid dienone is 2. The lowest BCUT2D eigenvalue weighted by Gasteiger charge is -2.09.